The largest absolute Gasteiger partial charge is 0.416 e. The summed E-state index contributed by atoms with van der Waals surface area (Å²) in [4.78, 5) is 11.6. The Labute approximate surface area is 145 Å². The number of benzene rings is 1. The maximum atomic E-state index is 12.9. The Morgan fingerprint density at radius 1 is 1.00 bits per heavy atom. The SMILES string of the molecule is FC(F)(F)c1cccc(-c2nc3cc(Nc4cccnn4)ncc3[nH]2)c1. The molecule has 0 bridgehead atoms. The number of imidazole rings is 1. The molecule has 4 aromatic rings. The molecule has 0 amide bonds. The van der Waals surface area contributed by atoms with Gasteiger partial charge in [-0.2, -0.15) is 18.3 Å². The second kappa shape index (κ2) is 6.10. The van der Waals surface area contributed by atoms with Gasteiger partial charge in [-0.05, 0) is 24.3 Å². The fraction of sp³-hybridized carbons (Fsp3) is 0.0588. The number of aromatic nitrogens is 5. The summed E-state index contributed by atoms with van der Waals surface area (Å²) < 4.78 is 38.7. The van der Waals surface area contributed by atoms with Gasteiger partial charge in [0.1, 0.15) is 11.6 Å². The van der Waals surface area contributed by atoms with Crippen LogP contribution in [0.1, 0.15) is 5.56 Å². The van der Waals surface area contributed by atoms with Crippen LogP contribution in [0.3, 0.4) is 0 Å². The Bertz CT molecular complexity index is 1060. The highest BCUT2D eigenvalue weighted by molar-refractivity contribution is 5.81. The van der Waals surface area contributed by atoms with Crippen molar-refractivity contribution in [1.29, 1.82) is 0 Å². The Hall–Kier alpha value is -3.49. The highest BCUT2D eigenvalue weighted by Crippen LogP contribution is 2.32. The fourth-order valence-electron chi connectivity index (χ4n) is 2.46. The number of fused-ring (bicyclic) bond motifs is 1. The van der Waals surface area contributed by atoms with Crippen LogP contribution in [0.2, 0.25) is 0 Å². The molecule has 0 saturated carbocycles. The van der Waals surface area contributed by atoms with Crippen molar-refractivity contribution in [3.63, 3.8) is 0 Å². The van der Waals surface area contributed by atoms with Crippen LogP contribution in [0.5, 0.6) is 0 Å². The third kappa shape index (κ3) is 3.18. The molecule has 4 rings (SSSR count). The molecule has 0 atom stereocenters. The van der Waals surface area contributed by atoms with E-state index in [0.29, 0.717) is 34.1 Å². The van der Waals surface area contributed by atoms with Crippen LogP contribution in [0.25, 0.3) is 22.4 Å². The van der Waals surface area contributed by atoms with Crippen LogP contribution in [-0.4, -0.2) is 25.1 Å². The Morgan fingerprint density at radius 3 is 2.65 bits per heavy atom. The fourth-order valence-corrected chi connectivity index (χ4v) is 2.46. The standard InChI is InChI=1S/C17H11F3N6/c18-17(19,20)11-4-1-3-10(7-11)16-23-12-8-15(21-9-13(12)24-16)25-14-5-2-6-22-26-14/h1-9H,(H,23,24)(H,21,25,26). The molecule has 6 nitrogen and oxygen atoms in total. The number of nitrogens with one attached hydrogen (secondary N) is 2. The summed E-state index contributed by atoms with van der Waals surface area (Å²) >= 11 is 0. The van der Waals surface area contributed by atoms with Gasteiger partial charge in [-0.15, -0.1) is 5.10 Å². The van der Waals surface area contributed by atoms with E-state index >= 15 is 0 Å². The molecule has 0 aliphatic rings. The number of pyridine rings is 1. The van der Waals surface area contributed by atoms with Crippen LogP contribution in [0.15, 0.2) is 54.9 Å². The Morgan fingerprint density at radius 2 is 1.88 bits per heavy atom. The lowest BCUT2D eigenvalue weighted by molar-refractivity contribution is -0.137. The Kier molecular flexibility index (Phi) is 3.76. The second-order valence-corrected chi connectivity index (χ2v) is 5.48. The summed E-state index contributed by atoms with van der Waals surface area (Å²) in [7, 11) is 0. The number of anilines is 2. The maximum absolute atomic E-state index is 12.9. The van der Waals surface area contributed by atoms with Gasteiger partial charge in [-0.3, -0.25) is 0 Å². The first-order valence-corrected chi connectivity index (χ1v) is 7.57. The zero-order valence-electron chi connectivity index (χ0n) is 13.1. The van der Waals surface area contributed by atoms with E-state index < -0.39 is 11.7 Å². The van der Waals surface area contributed by atoms with Gasteiger partial charge >= 0.3 is 6.18 Å². The third-order valence-corrected chi connectivity index (χ3v) is 3.66. The summed E-state index contributed by atoms with van der Waals surface area (Å²) in [5.74, 6) is 1.36. The van der Waals surface area contributed by atoms with Crippen molar-refractivity contribution in [2.24, 2.45) is 0 Å². The van der Waals surface area contributed by atoms with Gasteiger partial charge in [0.25, 0.3) is 0 Å². The number of rotatable bonds is 3. The molecule has 0 saturated heterocycles. The van der Waals surface area contributed by atoms with Crippen LogP contribution in [-0.2, 0) is 6.18 Å². The number of aromatic amines is 1. The number of H-pyrrole nitrogens is 1. The molecule has 1 aromatic carbocycles. The molecule has 0 radical (unpaired) electrons. The summed E-state index contributed by atoms with van der Waals surface area (Å²) in [6.07, 6.45) is -1.30. The zero-order chi connectivity index (χ0) is 18.1. The van der Waals surface area contributed by atoms with Crippen molar-refractivity contribution in [1.82, 2.24) is 25.1 Å². The molecule has 0 aliphatic heterocycles. The van der Waals surface area contributed by atoms with Gasteiger partial charge in [-0.1, -0.05) is 12.1 Å². The molecule has 0 fully saturated rings. The van der Waals surface area contributed by atoms with Crippen LogP contribution >= 0.6 is 0 Å². The predicted octanol–water partition coefficient (Wildman–Crippen LogP) is 4.18. The van der Waals surface area contributed by atoms with E-state index in [0.717, 1.165) is 12.1 Å². The van der Waals surface area contributed by atoms with E-state index in [-0.39, 0.29) is 0 Å². The number of hydrogen-bond acceptors (Lipinski definition) is 5. The van der Waals surface area contributed by atoms with Gasteiger partial charge in [-0.25, -0.2) is 9.97 Å². The summed E-state index contributed by atoms with van der Waals surface area (Å²) in [5, 5.41) is 10.7. The number of alkyl halides is 3. The van der Waals surface area contributed by atoms with E-state index in [2.05, 4.69) is 30.5 Å². The highest BCUT2D eigenvalue weighted by Gasteiger charge is 2.30. The van der Waals surface area contributed by atoms with Crippen LogP contribution in [0.4, 0.5) is 24.8 Å². The molecule has 3 heterocycles. The average Bonchev–Trinajstić information content (AvgIpc) is 3.05. The third-order valence-electron chi connectivity index (χ3n) is 3.66. The Balaban J connectivity index is 1.68. The number of hydrogen-bond donors (Lipinski definition) is 2. The van der Waals surface area contributed by atoms with E-state index in [1.54, 1.807) is 36.7 Å². The minimum Gasteiger partial charge on any atom is -0.337 e. The van der Waals surface area contributed by atoms with Crippen molar-refractivity contribution >= 4 is 22.7 Å². The normalized spacial score (nSPS) is 11.7. The quantitative estimate of drug-likeness (QED) is 0.576. The smallest absolute Gasteiger partial charge is 0.337 e. The van der Waals surface area contributed by atoms with Gasteiger partial charge in [0, 0.05) is 17.8 Å². The first-order chi connectivity index (χ1) is 12.5. The monoisotopic (exact) mass is 356 g/mol. The van der Waals surface area contributed by atoms with Crippen molar-refractivity contribution < 1.29 is 13.2 Å². The zero-order valence-corrected chi connectivity index (χ0v) is 13.1. The lowest BCUT2D eigenvalue weighted by Crippen LogP contribution is -2.04. The van der Waals surface area contributed by atoms with Gasteiger partial charge in [0.15, 0.2) is 5.82 Å². The van der Waals surface area contributed by atoms with Crippen molar-refractivity contribution in [2.75, 3.05) is 5.32 Å². The molecule has 0 unspecified atom stereocenters. The predicted molar refractivity (Wildman–Crippen MR) is 89.6 cm³/mol. The van der Waals surface area contributed by atoms with Gasteiger partial charge in [0.05, 0.1) is 22.8 Å². The molecule has 26 heavy (non-hydrogen) atoms. The molecule has 0 spiro atoms. The lowest BCUT2D eigenvalue weighted by atomic mass is 10.1. The topological polar surface area (TPSA) is 79.4 Å². The van der Waals surface area contributed by atoms with Crippen molar-refractivity contribution in [3.05, 3.63) is 60.4 Å². The summed E-state index contributed by atoms with van der Waals surface area (Å²) in [6.45, 7) is 0. The summed E-state index contributed by atoms with van der Waals surface area (Å²) in [5.41, 5.74) is 0.805. The molecule has 3 aromatic heterocycles. The lowest BCUT2D eigenvalue weighted by Gasteiger charge is -2.07. The van der Waals surface area contributed by atoms with E-state index in [9.17, 15) is 13.2 Å². The van der Waals surface area contributed by atoms with E-state index in [1.807, 2.05) is 0 Å². The van der Waals surface area contributed by atoms with Gasteiger partial charge < -0.3 is 10.3 Å². The van der Waals surface area contributed by atoms with Crippen LogP contribution in [0, 0.1) is 0 Å². The molecular formula is C17H11F3N6. The highest BCUT2D eigenvalue weighted by atomic mass is 19.4. The summed E-state index contributed by atoms with van der Waals surface area (Å²) in [6, 6.07) is 10.1. The first kappa shape index (κ1) is 16.0. The second-order valence-electron chi connectivity index (χ2n) is 5.48. The minimum atomic E-state index is -4.41. The molecular weight excluding hydrogens is 345 g/mol. The van der Waals surface area contributed by atoms with Gasteiger partial charge in [0.2, 0.25) is 0 Å². The minimum absolute atomic E-state index is 0.338. The van der Waals surface area contributed by atoms with Crippen molar-refractivity contribution in [3.8, 4) is 11.4 Å². The number of halogens is 3. The number of nitrogens with zero attached hydrogens (tertiary/aromatic N) is 4. The van der Waals surface area contributed by atoms with E-state index in [4.69, 9.17) is 0 Å². The maximum Gasteiger partial charge on any atom is 0.416 e. The molecule has 130 valence electrons. The first-order valence-electron chi connectivity index (χ1n) is 7.57. The van der Waals surface area contributed by atoms with E-state index in [1.165, 1.54) is 6.07 Å². The van der Waals surface area contributed by atoms with Crippen molar-refractivity contribution in [2.45, 2.75) is 6.18 Å². The molecule has 2 N–H and O–H groups in total. The van der Waals surface area contributed by atoms with Crippen LogP contribution < -0.4 is 5.32 Å². The molecule has 0 aliphatic carbocycles. The average molecular weight is 356 g/mol. The molecule has 9 heteroatoms.